The lowest BCUT2D eigenvalue weighted by atomic mass is 10.1. The molecule has 0 spiro atoms. The van der Waals surface area contributed by atoms with Crippen LogP contribution in [0.2, 0.25) is 0 Å². The number of hydrogen-bond donors (Lipinski definition) is 2. The number of nitrogens with zero attached hydrogens (tertiary/aromatic N) is 2. The normalized spacial score (nSPS) is 16.9. The van der Waals surface area contributed by atoms with Crippen LogP contribution in [0.5, 0.6) is 5.75 Å². The molecule has 1 aliphatic heterocycles. The van der Waals surface area contributed by atoms with Crippen molar-refractivity contribution < 1.29 is 17.9 Å². The first-order valence-electron chi connectivity index (χ1n) is 9.54. The summed E-state index contributed by atoms with van der Waals surface area (Å²) in [5.41, 5.74) is 8.91. The van der Waals surface area contributed by atoms with Crippen LogP contribution < -0.4 is 15.4 Å². The summed E-state index contributed by atoms with van der Waals surface area (Å²) in [5.74, 6) is -0.231. The van der Waals surface area contributed by atoms with Gasteiger partial charge >= 0.3 is 6.36 Å². The Morgan fingerprint density at radius 3 is 2.52 bits per heavy atom. The molecule has 3 aromatic rings. The van der Waals surface area contributed by atoms with Crippen LogP contribution in [-0.2, 0) is 0 Å². The van der Waals surface area contributed by atoms with Crippen molar-refractivity contribution in [1.29, 1.82) is 0 Å². The third-order valence-corrected chi connectivity index (χ3v) is 5.28. The van der Waals surface area contributed by atoms with Gasteiger partial charge in [0.2, 0.25) is 0 Å². The molecule has 154 valence electrons. The van der Waals surface area contributed by atoms with Crippen LogP contribution in [0.25, 0.3) is 10.9 Å². The van der Waals surface area contributed by atoms with E-state index in [1.807, 2.05) is 12.3 Å². The lowest BCUT2D eigenvalue weighted by Gasteiger charge is -2.37. The number of aromatic nitrogens is 1. The number of fused-ring (bicyclic) bond motifs is 1. The summed E-state index contributed by atoms with van der Waals surface area (Å²) in [4.78, 5) is 7.74. The fourth-order valence-electron chi connectivity index (χ4n) is 3.90. The van der Waals surface area contributed by atoms with E-state index in [-0.39, 0.29) is 5.75 Å². The second kappa shape index (κ2) is 7.96. The first-order valence-corrected chi connectivity index (χ1v) is 9.54. The molecular weight excluding hydrogens is 381 g/mol. The van der Waals surface area contributed by atoms with E-state index in [9.17, 15) is 13.2 Å². The number of nitrogens with one attached hydrogen (secondary N) is 1. The summed E-state index contributed by atoms with van der Waals surface area (Å²) in [6.07, 6.45) is -2.80. The number of benzene rings is 2. The highest BCUT2D eigenvalue weighted by molar-refractivity contribution is 5.92. The highest BCUT2D eigenvalue weighted by Gasteiger charge is 2.33. The van der Waals surface area contributed by atoms with Crippen LogP contribution >= 0.6 is 0 Å². The molecule has 2 aromatic carbocycles. The molecule has 2 heterocycles. The molecule has 0 amide bonds. The van der Waals surface area contributed by atoms with Crippen molar-refractivity contribution >= 4 is 16.6 Å². The molecule has 3 N–H and O–H groups in total. The number of piperazine rings is 1. The van der Waals surface area contributed by atoms with Gasteiger partial charge in [-0.3, -0.25) is 4.90 Å². The van der Waals surface area contributed by atoms with E-state index >= 15 is 0 Å². The predicted molar refractivity (Wildman–Crippen MR) is 107 cm³/mol. The van der Waals surface area contributed by atoms with Gasteiger partial charge in [-0.25, -0.2) is 0 Å². The first kappa shape index (κ1) is 19.6. The summed E-state index contributed by atoms with van der Waals surface area (Å²) in [5, 5.41) is 1.19. The van der Waals surface area contributed by atoms with Crippen molar-refractivity contribution in [3.05, 3.63) is 60.3 Å². The SMILES string of the molecule is NC(CN1CCN(c2cccc3[nH]ccc23)CC1)c1ccccc1OC(F)(F)F. The van der Waals surface area contributed by atoms with Crippen LogP contribution in [0.15, 0.2) is 54.7 Å². The standard InChI is InChI=1S/C21H23F3N4O/c22-21(23,24)29-20-7-2-1-4-15(20)17(25)14-27-10-12-28(13-11-27)19-6-3-5-18-16(19)8-9-26-18/h1-9,17,26H,10-14,25H2. The molecule has 0 radical (unpaired) electrons. The molecule has 1 atom stereocenters. The highest BCUT2D eigenvalue weighted by atomic mass is 19.4. The minimum Gasteiger partial charge on any atom is -0.405 e. The zero-order valence-electron chi connectivity index (χ0n) is 15.8. The van der Waals surface area contributed by atoms with E-state index in [4.69, 9.17) is 5.73 Å². The lowest BCUT2D eigenvalue weighted by molar-refractivity contribution is -0.275. The number of alkyl halides is 3. The Balaban J connectivity index is 1.40. The molecule has 4 rings (SSSR count). The zero-order valence-corrected chi connectivity index (χ0v) is 15.8. The number of hydrogen-bond acceptors (Lipinski definition) is 4. The molecule has 0 bridgehead atoms. The maximum Gasteiger partial charge on any atom is 0.573 e. The summed E-state index contributed by atoms with van der Waals surface area (Å²) in [6.45, 7) is 3.71. The maximum atomic E-state index is 12.7. The van der Waals surface area contributed by atoms with Crippen molar-refractivity contribution in [3.8, 4) is 5.75 Å². The van der Waals surface area contributed by atoms with Gasteiger partial charge < -0.3 is 20.4 Å². The Bertz CT molecular complexity index is 964. The monoisotopic (exact) mass is 404 g/mol. The van der Waals surface area contributed by atoms with Crippen LogP contribution in [0.4, 0.5) is 18.9 Å². The summed E-state index contributed by atoms with van der Waals surface area (Å²) < 4.78 is 42.1. The van der Waals surface area contributed by atoms with Crippen LogP contribution in [-0.4, -0.2) is 49.0 Å². The third kappa shape index (κ3) is 4.49. The van der Waals surface area contributed by atoms with Gasteiger partial charge in [0.15, 0.2) is 0 Å². The molecule has 29 heavy (non-hydrogen) atoms. The van der Waals surface area contributed by atoms with Gasteiger partial charge in [0.05, 0.1) is 0 Å². The fraction of sp³-hybridized carbons (Fsp3) is 0.333. The number of halogens is 3. The Labute approximate surface area is 166 Å². The summed E-state index contributed by atoms with van der Waals surface area (Å²) in [7, 11) is 0. The number of para-hydroxylation sites is 1. The molecular formula is C21H23F3N4O. The summed E-state index contributed by atoms with van der Waals surface area (Å²) >= 11 is 0. The summed E-state index contributed by atoms with van der Waals surface area (Å²) in [6, 6.07) is 13.8. The predicted octanol–water partition coefficient (Wildman–Crippen LogP) is 3.89. The largest absolute Gasteiger partial charge is 0.573 e. The quantitative estimate of drug-likeness (QED) is 0.678. The average molecular weight is 404 g/mol. The molecule has 0 aliphatic carbocycles. The third-order valence-electron chi connectivity index (χ3n) is 5.28. The van der Waals surface area contributed by atoms with Gasteiger partial charge in [-0.2, -0.15) is 0 Å². The van der Waals surface area contributed by atoms with Gasteiger partial charge in [-0.1, -0.05) is 24.3 Å². The molecule has 8 heteroatoms. The van der Waals surface area contributed by atoms with Gasteiger partial charge in [-0.15, -0.1) is 13.2 Å². The van der Waals surface area contributed by atoms with Crippen LogP contribution in [0.3, 0.4) is 0 Å². The Kier molecular flexibility index (Phi) is 5.38. The van der Waals surface area contributed by atoms with Crippen molar-refractivity contribution in [3.63, 3.8) is 0 Å². The van der Waals surface area contributed by atoms with Crippen LogP contribution in [0, 0.1) is 0 Å². The Hall–Kier alpha value is -2.71. The second-order valence-corrected chi connectivity index (χ2v) is 7.20. The lowest BCUT2D eigenvalue weighted by Crippen LogP contribution is -2.48. The Morgan fingerprint density at radius 1 is 1.00 bits per heavy atom. The topological polar surface area (TPSA) is 57.5 Å². The van der Waals surface area contributed by atoms with E-state index in [1.165, 1.54) is 23.2 Å². The smallest absolute Gasteiger partial charge is 0.405 e. The van der Waals surface area contributed by atoms with E-state index < -0.39 is 12.4 Å². The van der Waals surface area contributed by atoms with Gasteiger partial charge in [0, 0.05) is 67.1 Å². The number of aromatic amines is 1. The second-order valence-electron chi connectivity index (χ2n) is 7.20. The average Bonchev–Trinajstić information content (AvgIpc) is 3.17. The minimum absolute atomic E-state index is 0.231. The fourth-order valence-corrected chi connectivity index (χ4v) is 3.90. The minimum atomic E-state index is -4.74. The first-order chi connectivity index (χ1) is 13.9. The van der Waals surface area contributed by atoms with Crippen molar-refractivity contribution in [2.75, 3.05) is 37.6 Å². The molecule has 1 aliphatic rings. The molecule has 1 saturated heterocycles. The highest BCUT2D eigenvalue weighted by Crippen LogP contribution is 2.31. The van der Waals surface area contributed by atoms with Crippen molar-refractivity contribution in [1.82, 2.24) is 9.88 Å². The number of H-pyrrole nitrogens is 1. The molecule has 0 saturated carbocycles. The molecule has 5 nitrogen and oxygen atoms in total. The van der Waals surface area contributed by atoms with Crippen LogP contribution in [0.1, 0.15) is 11.6 Å². The molecule has 1 unspecified atom stereocenters. The van der Waals surface area contributed by atoms with Gasteiger partial charge in [-0.05, 0) is 24.3 Å². The number of ether oxygens (including phenoxy) is 1. The number of rotatable bonds is 5. The maximum absolute atomic E-state index is 12.7. The van der Waals surface area contributed by atoms with Crippen molar-refractivity contribution in [2.45, 2.75) is 12.4 Å². The number of anilines is 1. The van der Waals surface area contributed by atoms with E-state index in [2.05, 4.69) is 37.7 Å². The van der Waals surface area contributed by atoms with Crippen molar-refractivity contribution in [2.24, 2.45) is 5.73 Å². The number of nitrogens with two attached hydrogens (primary N) is 1. The molecule has 1 aromatic heterocycles. The molecule has 1 fully saturated rings. The zero-order chi connectivity index (χ0) is 20.4. The van der Waals surface area contributed by atoms with E-state index in [0.29, 0.717) is 12.1 Å². The van der Waals surface area contributed by atoms with E-state index in [1.54, 1.807) is 12.1 Å². The van der Waals surface area contributed by atoms with E-state index in [0.717, 1.165) is 31.7 Å². The Morgan fingerprint density at radius 2 is 1.76 bits per heavy atom. The van der Waals surface area contributed by atoms with Gasteiger partial charge in [0.25, 0.3) is 0 Å². The van der Waals surface area contributed by atoms with Gasteiger partial charge in [0.1, 0.15) is 5.75 Å².